The predicted octanol–water partition coefficient (Wildman–Crippen LogP) is 0.818. The molecule has 1 aliphatic heterocycles. The molecule has 0 saturated heterocycles. The first-order valence-electron chi connectivity index (χ1n) is 6.63. The van der Waals surface area contributed by atoms with Crippen LogP contribution in [0.25, 0.3) is 0 Å². The third kappa shape index (κ3) is 1.90. The highest BCUT2D eigenvalue weighted by Gasteiger charge is 2.71. The van der Waals surface area contributed by atoms with Gasteiger partial charge in [0.1, 0.15) is 5.41 Å². The molecule has 1 fully saturated rings. The fourth-order valence-corrected chi connectivity index (χ4v) is 5.06. The third-order valence-corrected chi connectivity index (χ3v) is 6.54. The Morgan fingerprint density at radius 1 is 1.43 bits per heavy atom. The van der Waals surface area contributed by atoms with Crippen LogP contribution in [0.3, 0.4) is 0 Å². The van der Waals surface area contributed by atoms with Gasteiger partial charge in [0.15, 0.2) is 21.3 Å². The molecule has 7 heteroatoms. The average Bonchev–Trinajstić information content (AvgIpc) is 2.98. The lowest BCUT2D eigenvalue weighted by atomic mass is 10.0. The van der Waals surface area contributed by atoms with E-state index in [2.05, 4.69) is 0 Å². The van der Waals surface area contributed by atoms with E-state index in [0.29, 0.717) is 17.1 Å². The van der Waals surface area contributed by atoms with Crippen LogP contribution in [0.2, 0.25) is 0 Å². The minimum atomic E-state index is -3.42. The minimum absolute atomic E-state index is 0.0534. The molecule has 1 N–H and O–H groups in total. The lowest BCUT2D eigenvalue weighted by molar-refractivity contribution is 0.174. The van der Waals surface area contributed by atoms with Gasteiger partial charge in [0.05, 0.1) is 17.9 Å². The van der Waals surface area contributed by atoms with Crippen LogP contribution in [0.5, 0.6) is 11.5 Å². The highest BCUT2D eigenvalue weighted by molar-refractivity contribution is 7.92. The fraction of sp³-hybridized carbons (Fsp3) is 0.500. The summed E-state index contributed by atoms with van der Waals surface area (Å²) >= 11 is 0. The second-order valence-electron chi connectivity index (χ2n) is 5.27. The SMILES string of the molecule is CCS(=O)(=O)[C@H]1[C@@H](c2ccc3c(c2)OCO3)[C@@]1(C#N)CO. The van der Waals surface area contributed by atoms with Gasteiger partial charge >= 0.3 is 0 Å². The Labute approximate surface area is 122 Å². The van der Waals surface area contributed by atoms with Crippen molar-refractivity contribution in [3.8, 4) is 17.6 Å². The monoisotopic (exact) mass is 309 g/mol. The quantitative estimate of drug-likeness (QED) is 0.884. The van der Waals surface area contributed by atoms with E-state index in [1.807, 2.05) is 6.07 Å². The highest BCUT2D eigenvalue weighted by Crippen LogP contribution is 2.63. The maximum absolute atomic E-state index is 12.2. The summed E-state index contributed by atoms with van der Waals surface area (Å²) in [6.45, 7) is 1.19. The molecule has 6 nitrogen and oxygen atoms in total. The maximum atomic E-state index is 12.2. The number of ether oxygens (including phenoxy) is 2. The molecule has 112 valence electrons. The van der Waals surface area contributed by atoms with E-state index in [1.54, 1.807) is 25.1 Å². The first-order valence-corrected chi connectivity index (χ1v) is 8.35. The molecule has 1 aromatic carbocycles. The Bertz CT molecular complexity index is 723. The molecule has 1 heterocycles. The fourth-order valence-electron chi connectivity index (χ4n) is 3.05. The van der Waals surface area contributed by atoms with Crippen molar-refractivity contribution in [1.29, 1.82) is 5.26 Å². The Morgan fingerprint density at radius 3 is 2.76 bits per heavy atom. The van der Waals surface area contributed by atoms with Gasteiger partial charge in [-0.2, -0.15) is 5.26 Å². The Morgan fingerprint density at radius 2 is 2.14 bits per heavy atom. The van der Waals surface area contributed by atoms with Crippen LogP contribution in [0.15, 0.2) is 18.2 Å². The number of nitriles is 1. The van der Waals surface area contributed by atoms with E-state index in [4.69, 9.17) is 9.47 Å². The van der Waals surface area contributed by atoms with Crippen LogP contribution in [-0.2, 0) is 9.84 Å². The van der Waals surface area contributed by atoms with E-state index in [-0.39, 0.29) is 12.5 Å². The van der Waals surface area contributed by atoms with Crippen LogP contribution < -0.4 is 9.47 Å². The molecule has 0 bridgehead atoms. The number of fused-ring (bicyclic) bond motifs is 1. The molecule has 3 atom stereocenters. The first kappa shape index (κ1) is 14.2. The normalized spacial score (nSPS) is 30.0. The predicted molar refractivity (Wildman–Crippen MR) is 73.7 cm³/mol. The van der Waals surface area contributed by atoms with Crippen molar-refractivity contribution < 1.29 is 23.0 Å². The Balaban J connectivity index is 2.03. The lowest BCUT2D eigenvalue weighted by Crippen LogP contribution is -2.19. The summed E-state index contributed by atoms with van der Waals surface area (Å²) in [6.07, 6.45) is 0. The van der Waals surface area contributed by atoms with Gasteiger partial charge in [0.2, 0.25) is 6.79 Å². The topological polar surface area (TPSA) is 96.6 Å². The molecular formula is C14H15NO5S. The number of rotatable bonds is 4. The Hall–Kier alpha value is -1.78. The van der Waals surface area contributed by atoms with Crippen LogP contribution in [0.1, 0.15) is 18.4 Å². The average molecular weight is 309 g/mol. The van der Waals surface area contributed by atoms with Crippen LogP contribution >= 0.6 is 0 Å². The van der Waals surface area contributed by atoms with Crippen LogP contribution in [0, 0.1) is 16.7 Å². The van der Waals surface area contributed by atoms with Crippen LogP contribution in [-0.4, -0.2) is 37.9 Å². The number of nitrogens with zero attached hydrogens (tertiary/aromatic N) is 1. The lowest BCUT2D eigenvalue weighted by Gasteiger charge is -2.04. The van der Waals surface area contributed by atoms with Gasteiger partial charge < -0.3 is 14.6 Å². The number of aliphatic hydroxyl groups is 1. The summed E-state index contributed by atoms with van der Waals surface area (Å²) < 4.78 is 34.9. The second kappa shape index (κ2) is 4.61. The molecule has 1 saturated carbocycles. The highest BCUT2D eigenvalue weighted by atomic mass is 32.2. The van der Waals surface area contributed by atoms with Crippen molar-refractivity contribution in [3.63, 3.8) is 0 Å². The van der Waals surface area contributed by atoms with Crippen molar-refractivity contribution in [2.24, 2.45) is 5.41 Å². The van der Waals surface area contributed by atoms with Gasteiger partial charge in [0, 0.05) is 11.7 Å². The molecule has 2 aliphatic rings. The molecule has 0 spiro atoms. The third-order valence-electron chi connectivity index (χ3n) is 4.27. The van der Waals surface area contributed by atoms with E-state index >= 15 is 0 Å². The molecule has 21 heavy (non-hydrogen) atoms. The molecule has 0 unspecified atom stereocenters. The van der Waals surface area contributed by atoms with Gasteiger partial charge in [0.25, 0.3) is 0 Å². The van der Waals surface area contributed by atoms with E-state index in [9.17, 15) is 18.8 Å². The molecule has 0 radical (unpaired) electrons. The zero-order chi connectivity index (χ0) is 15.3. The van der Waals surface area contributed by atoms with Crippen molar-refractivity contribution in [1.82, 2.24) is 0 Å². The number of sulfone groups is 1. The standard InChI is InChI=1S/C14H15NO5S/c1-2-21(17,18)13-12(14(13,6-15)7-16)9-3-4-10-11(5-9)20-8-19-10/h3-5,12-13,16H,2,7-8H2,1H3/t12-,13+,14-/m1/s1. The summed E-state index contributed by atoms with van der Waals surface area (Å²) in [5.74, 6) is 0.548. The van der Waals surface area contributed by atoms with Gasteiger partial charge in [-0.3, -0.25) is 0 Å². The van der Waals surface area contributed by atoms with Crippen molar-refractivity contribution >= 4 is 9.84 Å². The van der Waals surface area contributed by atoms with Crippen molar-refractivity contribution in [3.05, 3.63) is 23.8 Å². The molecule has 0 aromatic heterocycles. The molecule has 1 aliphatic carbocycles. The van der Waals surface area contributed by atoms with E-state index in [1.165, 1.54) is 0 Å². The van der Waals surface area contributed by atoms with E-state index < -0.39 is 33.0 Å². The summed E-state index contributed by atoms with van der Waals surface area (Å²) in [6, 6.07) is 7.13. The van der Waals surface area contributed by atoms with Gasteiger partial charge in [-0.1, -0.05) is 13.0 Å². The summed E-state index contributed by atoms with van der Waals surface area (Å²) in [4.78, 5) is 0. The summed E-state index contributed by atoms with van der Waals surface area (Å²) in [7, 11) is -3.42. The zero-order valence-electron chi connectivity index (χ0n) is 11.4. The summed E-state index contributed by atoms with van der Waals surface area (Å²) in [5.41, 5.74) is -0.584. The van der Waals surface area contributed by atoms with Crippen LogP contribution in [0.4, 0.5) is 0 Å². The van der Waals surface area contributed by atoms with Gasteiger partial charge in [-0.25, -0.2) is 8.42 Å². The van der Waals surface area contributed by atoms with E-state index in [0.717, 1.165) is 0 Å². The molecule has 0 amide bonds. The maximum Gasteiger partial charge on any atom is 0.231 e. The van der Waals surface area contributed by atoms with Crippen molar-refractivity contribution in [2.75, 3.05) is 19.2 Å². The summed E-state index contributed by atoms with van der Waals surface area (Å²) in [5, 5.41) is 18.1. The second-order valence-corrected chi connectivity index (χ2v) is 7.68. The number of aliphatic hydroxyl groups excluding tert-OH is 1. The minimum Gasteiger partial charge on any atom is -0.454 e. The van der Waals surface area contributed by atoms with Gasteiger partial charge in [-0.05, 0) is 17.7 Å². The molecule has 3 rings (SSSR count). The number of benzene rings is 1. The number of hydrogen-bond acceptors (Lipinski definition) is 6. The zero-order valence-corrected chi connectivity index (χ0v) is 12.3. The molecule has 1 aromatic rings. The smallest absolute Gasteiger partial charge is 0.231 e. The largest absolute Gasteiger partial charge is 0.454 e. The number of hydrogen-bond donors (Lipinski definition) is 1. The Kier molecular flexibility index (Phi) is 3.11. The van der Waals surface area contributed by atoms with Gasteiger partial charge in [-0.15, -0.1) is 0 Å². The first-order chi connectivity index (χ1) is 10.00. The van der Waals surface area contributed by atoms with Crippen molar-refractivity contribution in [2.45, 2.75) is 18.1 Å². The molecular weight excluding hydrogens is 294 g/mol.